The summed E-state index contributed by atoms with van der Waals surface area (Å²) >= 11 is 0. The molecule has 9 heteroatoms. The zero-order chi connectivity index (χ0) is 25.1. The Kier molecular flexibility index (Phi) is 4.94. The van der Waals surface area contributed by atoms with Crippen LogP contribution in [0.3, 0.4) is 0 Å². The van der Waals surface area contributed by atoms with Crippen LogP contribution in [0.15, 0.2) is 52.7 Å². The molecule has 0 fully saturated rings. The van der Waals surface area contributed by atoms with Gasteiger partial charge in [-0.05, 0) is 23.0 Å². The summed E-state index contributed by atoms with van der Waals surface area (Å²) in [5.74, 6) is 0.182. The summed E-state index contributed by atoms with van der Waals surface area (Å²) in [5, 5.41) is 33.6. The zero-order valence-electron chi connectivity index (χ0n) is 20.8. The maximum Gasteiger partial charge on any atom is 0.127 e. The number of nitrogens with zero attached hydrogens (tertiary/aromatic N) is 6. The highest BCUT2D eigenvalue weighted by Gasteiger charge is 2.50. The molecule has 3 N–H and O–H groups in total. The van der Waals surface area contributed by atoms with Crippen molar-refractivity contribution in [1.29, 1.82) is 0 Å². The van der Waals surface area contributed by atoms with Gasteiger partial charge in [0.15, 0.2) is 0 Å². The fourth-order valence-corrected chi connectivity index (χ4v) is 4.98. The van der Waals surface area contributed by atoms with Crippen molar-refractivity contribution in [3.63, 3.8) is 0 Å². The molecule has 0 saturated carbocycles. The van der Waals surface area contributed by atoms with E-state index in [2.05, 4.69) is 84.5 Å². The number of phenols is 1. The zero-order valence-corrected chi connectivity index (χ0v) is 20.8. The van der Waals surface area contributed by atoms with Gasteiger partial charge in [-0.15, -0.1) is 0 Å². The predicted octanol–water partition coefficient (Wildman–Crippen LogP) is 4.45. The average Bonchev–Trinajstić information content (AvgIpc) is 3.59. The Labute approximate surface area is 204 Å². The number of H-pyrrole nitrogens is 2. The Morgan fingerprint density at radius 3 is 1.49 bits per heavy atom. The van der Waals surface area contributed by atoms with Crippen LogP contribution >= 0.6 is 0 Å². The van der Waals surface area contributed by atoms with Crippen molar-refractivity contribution < 1.29 is 5.11 Å². The lowest BCUT2D eigenvalue weighted by atomic mass is 9.66. The Bertz CT molecular complexity index is 1270. The molecule has 0 spiro atoms. The van der Waals surface area contributed by atoms with Crippen molar-refractivity contribution in [3.8, 4) is 5.75 Å². The summed E-state index contributed by atoms with van der Waals surface area (Å²) in [4.78, 5) is 9.96. The van der Waals surface area contributed by atoms with E-state index in [1.165, 1.54) is 0 Å². The maximum absolute atomic E-state index is 11.9. The number of aromatic hydroxyl groups is 1. The van der Waals surface area contributed by atoms with Crippen molar-refractivity contribution in [3.05, 3.63) is 65.3 Å². The van der Waals surface area contributed by atoms with E-state index in [0.717, 1.165) is 22.3 Å². The minimum Gasteiger partial charge on any atom is -0.507 e. The first-order valence-electron chi connectivity index (χ1n) is 11.6. The van der Waals surface area contributed by atoms with E-state index in [-0.39, 0.29) is 16.6 Å². The molecular weight excluding hydrogens is 440 g/mol. The van der Waals surface area contributed by atoms with Crippen LogP contribution < -0.4 is 0 Å². The molecule has 35 heavy (non-hydrogen) atoms. The maximum atomic E-state index is 11.9. The molecule has 2 unspecified atom stereocenters. The lowest BCUT2D eigenvalue weighted by molar-refractivity contribution is 0.231. The highest BCUT2D eigenvalue weighted by Crippen LogP contribution is 2.56. The van der Waals surface area contributed by atoms with Gasteiger partial charge in [-0.2, -0.15) is 30.8 Å². The quantitative estimate of drug-likeness (QED) is 0.519. The van der Waals surface area contributed by atoms with Gasteiger partial charge in [-0.1, -0.05) is 59.7 Å². The Morgan fingerprint density at radius 1 is 0.714 bits per heavy atom. The van der Waals surface area contributed by atoms with E-state index in [0.29, 0.717) is 11.4 Å². The minimum atomic E-state index is -0.804. The second kappa shape index (κ2) is 7.56. The lowest BCUT2D eigenvalue weighted by Gasteiger charge is -2.42. The van der Waals surface area contributed by atoms with Gasteiger partial charge < -0.3 is 5.11 Å². The molecule has 0 amide bonds. The Morgan fingerprint density at radius 2 is 1.14 bits per heavy atom. The number of nitrogens with one attached hydrogen (secondary N) is 2. The van der Waals surface area contributed by atoms with Gasteiger partial charge >= 0.3 is 0 Å². The molecule has 4 heterocycles. The largest absolute Gasteiger partial charge is 0.507 e. The van der Waals surface area contributed by atoms with Gasteiger partial charge in [0.2, 0.25) is 0 Å². The third-order valence-electron chi connectivity index (χ3n) is 7.11. The van der Waals surface area contributed by atoms with E-state index in [9.17, 15) is 5.11 Å². The molecule has 5 rings (SSSR count). The van der Waals surface area contributed by atoms with E-state index < -0.39 is 11.1 Å². The SMILES string of the molecule is CC(C)(C)C1(c2cccc(C3(C(C)(C)C)C=C(c4cn[nH]n4)C=N3)c2O)C=C(c2cn[nH]n2)C=N1. The number of hydrogen-bond acceptors (Lipinski definition) is 7. The number of phenolic OH excluding ortho intramolecular Hbond substituents is 1. The van der Waals surface area contributed by atoms with Gasteiger partial charge in [-0.3, -0.25) is 9.98 Å². The number of aliphatic imine (C=N–C) groups is 2. The summed E-state index contributed by atoms with van der Waals surface area (Å²) in [7, 11) is 0. The molecule has 180 valence electrons. The smallest absolute Gasteiger partial charge is 0.127 e. The lowest BCUT2D eigenvalue weighted by Crippen LogP contribution is -2.38. The summed E-state index contributed by atoms with van der Waals surface area (Å²) in [5.41, 5.74) is 2.28. The van der Waals surface area contributed by atoms with Crippen molar-refractivity contribution in [2.45, 2.75) is 52.6 Å². The first kappa shape index (κ1) is 22.9. The van der Waals surface area contributed by atoms with Crippen molar-refractivity contribution in [2.24, 2.45) is 20.8 Å². The topological polar surface area (TPSA) is 128 Å². The number of aromatic nitrogens is 6. The molecule has 0 saturated heterocycles. The number of rotatable bonds is 4. The van der Waals surface area contributed by atoms with Crippen LogP contribution in [0, 0.1) is 10.8 Å². The van der Waals surface area contributed by atoms with E-state index in [4.69, 9.17) is 9.98 Å². The fourth-order valence-electron chi connectivity index (χ4n) is 4.98. The molecular formula is C26H30N8O. The molecule has 1 aromatic carbocycles. The molecule has 2 aromatic heterocycles. The van der Waals surface area contributed by atoms with Gasteiger partial charge in [0.05, 0.1) is 12.4 Å². The summed E-state index contributed by atoms with van der Waals surface area (Å²) < 4.78 is 0. The standard InChI is InChI=1S/C26H30N8O/c1-23(2,3)25(10-16(12-27-25)20-14-29-33-31-20)18-8-7-9-19(22(18)35)26(24(4,5)6)11-17(13-28-26)21-15-30-34-32-21/h7-15,35H,1-6H3,(H,29,31,33)(H,30,32,34). The highest BCUT2D eigenvalue weighted by atomic mass is 16.3. The van der Waals surface area contributed by atoms with Crippen LogP contribution in [0.25, 0.3) is 11.1 Å². The van der Waals surface area contributed by atoms with Gasteiger partial charge in [0.25, 0.3) is 0 Å². The first-order valence-corrected chi connectivity index (χ1v) is 11.6. The molecule has 9 nitrogen and oxygen atoms in total. The van der Waals surface area contributed by atoms with E-state index in [1.54, 1.807) is 12.4 Å². The Hall–Kier alpha value is -3.88. The number of benzene rings is 1. The number of hydrogen-bond donors (Lipinski definition) is 3. The second-order valence-corrected chi connectivity index (χ2v) is 11.2. The molecule has 3 aromatic rings. The normalized spacial score (nSPS) is 24.2. The van der Waals surface area contributed by atoms with Crippen LogP contribution in [0.4, 0.5) is 0 Å². The highest BCUT2D eigenvalue weighted by molar-refractivity contribution is 6.12. The van der Waals surface area contributed by atoms with Crippen molar-refractivity contribution in [2.75, 3.05) is 0 Å². The van der Waals surface area contributed by atoms with E-state index in [1.807, 2.05) is 30.6 Å². The molecule has 0 aliphatic carbocycles. The number of allylic oxidation sites excluding steroid dienone is 2. The summed E-state index contributed by atoms with van der Waals surface area (Å²) in [6.45, 7) is 12.7. The molecule has 2 atom stereocenters. The monoisotopic (exact) mass is 470 g/mol. The molecule has 0 bridgehead atoms. The molecule has 2 aliphatic heterocycles. The number of aromatic amines is 2. The summed E-state index contributed by atoms with van der Waals surface area (Å²) in [6, 6.07) is 5.86. The van der Waals surface area contributed by atoms with Crippen LogP contribution in [0.5, 0.6) is 5.75 Å². The van der Waals surface area contributed by atoms with Crippen LogP contribution in [0.2, 0.25) is 0 Å². The van der Waals surface area contributed by atoms with Gasteiger partial charge in [0, 0.05) is 34.7 Å². The fraction of sp³-hybridized carbons (Fsp3) is 0.385. The molecule has 0 radical (unpaired) electrons. The second-order valence-electron chi connectivity index (χ2n) is 11.2. The average molecular weight is 471 g/mol. The first-order chi connectivity index (χ1) is 16.5. The molecule has 2 aliphatic rings. The van der Waals surface area contributed by atoms with Crippen molar-refractivity contribution >= 4 is 23.6 Å². The minimum absolute atomic E-state index is 0.182. The number of para-hydroxylation sites is 1. The van der Waals surface area contributed by atoms with Crippen molar-refractivity contribution in [1.82, 2.24) is 30.8 Å². The third-order valence-corrected chi connectivity index (χ3v) is 7.11. The predicted molar refractivity (Wildman–Crippen MR) is 136 cm³/mol. The van der Waals surface area contributed by atoms with E-state index >= 15 is 0 Å². The third kappa shape index (κ3) is 3.37. The van der Waals surface area contributed by atoms with Gasteiger partial charge in [-0.25, -0.2) is 0 Å². The Balaban J connectivity index is 1.71. The van der Waals surface area contributed by atoms with Crippen LogP contribution in [0.1, 0.15) is 64.1 Å². The van der Waals surface area contributed by atoms with Gasteiger partial charge in [0.1, 0.15) is 28.2 Å². The van der Waals surface area contributed by atoms with Crippen LogP contribution in [-0.2, 0) is 11.1 Å². The van der Waals surface area contributed by atoms with Crippen LogP contribution in [-0.4, -0.2) is 48.4 Å². The summed E-state index contributed by atoms with van der Waals surface area (Å²) in [6.07, 6.45) is 11.1.